The first-order valence-corrected chi connectivity index (χ1v) is 22.8. The highest BCUT2D eigenvalue weighted by atomic mass is 32.2. The minimum Gasteiger partial charge on any atom is -0.482 e. The van der Waals surface area contributed by atoms with E-state index in [4.69, 9.17) is 13.9 Å². The highest BCUT2D eigenvalue weighted by Crippen LogP contribution is 2.53. The van der Waals surface area contributed by atoms with E-state index in [1.807, 2.05) is 37.3 Å². The van der Waals surface area contributed by atoms with Crippen LogP contribution in [0.15, 0.2) is 71.6 Å². The maximum Gasteiger partial charge on any atom is 0.335 e. The average molecular weight is 779 g/mol. The summed E-state index contributed by atoms with van der Waals surface area (Å²) < 4.78 is 48.6. The molecule has 1 fully saturated rings. The molecule has 294 valence electrons. The third-order valence-electron chi connectivity index (χ3n) is 11.7. The molecule has 1 amide bonds. The number of hydrogen-bond acceptors (Lipinski definition) is 8. The van der Waals surface area contributed by atoms with Crippen molar-refractivity contribution in [3.63, 3.8) is 0 Å². The Hall–Kier alpha value is -3.55. The van der Waals surface area contributed by atoms with Gasteiger partial charge in [0.15, 0.2) is 16.4 Å². The number of rotatable bonds is 16. The van der Waals surface area contributed by atoms with Crippen LogP contribution in [0, 0.1) is 12.8 Å². The number of aromatic carboxylic acids is 1. The number of methoxy groups -OCH3 is 1. The number of carbonyl (C=O) groups excluding carboxylic acids is 1. The minimum atomic E-state index is -4.20. The molecule has 0 bridgehead atoms. The molecule has 0 radical (unpaired) electrons. The average Bonchev–Trinajstić information content (AvgIpc) is 3.13. The molecule has 2 N–H and O–H groups in total. The van der Waals surface area contributed by atoms with E-state index in [2.05, 4.69) is 46.9 Å². The van der Waals surface area contributed by atoms with E-state index < -0.39 is 40.9 Å². The Morgan fingerprint density at radius 3 is 2.22 bits per heavy atom. The van der Waals surface area contributed by atoms with E-state index in [1.165, 1.54) is 12.1 Å². The molecule has 0 saturated carbocycles. The summed E-state index contributed by atoms with van der Waals surface area (Å²) in [5.41, 5.74) is 3.79. The number of nitrogens with zero attached hydrogens (tertiary/aromatic N) is 1. The van der Waals surface area contributed by atoms with E-state index in [9.17, 15) is 14.7 Å². The molecule has 3 atom stereocenters. The molecule has 3 aromatic rings. The van der Waals surface area contributed by atoms with Crippen LogP contribution in [-0.2, 0) is 35.0 Å². The summed E-state index contributed by atoms with van der Waals surface area (Å²) >= 11 is 0. The van der Waals surface area contributed by atoms with Gasteiger partial charge in [-0.25, -0.2) is 13.2 Å². The summed E-state index contributed by atoms with van der Waals surface area (Å²) in [5.74, 6) is -1.05. The number of nitrogens with one attached hydrogen (secondary N) is 1. The summed E-state index contributed by atoms with van der Waals surface area (Å²) in [4.78, 5) is 27.0. The summed E-state index contributed by atoms with van der Waals surface area (Å²) in [6, 6.07) is 19.3. The van der Waals surface area contributed by atoms with Crippen LogP contribution in [0.2, 0.25) is 16.6 Å². The summed E-state index contributed by atoms with van der Waals surface area (Å²) in [5, 5.41) is 13.4. The number of carbonyl (C=O) groups is 2. The number of ether oxygens (including phenoxy) is 2. The Morgan fingerprint density at radius 2 is 1.63 bits per heavy atom. The van der Waals surface area contributed by atoms with Gasteiger partial charge in [0.2, 0.25) is 8.32 Å². The van der Waals surface area contributed by atoms with Crippen molar-refractivity contribution < 1.29 is 37.0 Å². The lowest BCUT2D eigenvalue weighted by atomic mass is 9.75. The molecule has 3 aromatic carbocycles. The summed E-state index contributed by atoms with van der Waals surface area (Å²) in [6.45, 7) is 16.8. The van der Waals surface area contributed by atoms with Gasteiger partial charge in [0.05, 0.1) is 22.3 Å². The van der Waals surface area contributed by atoms with Gasteiger partial charge >= 0.3 is 5.97 Å². The largest absolute Gasteiger partial charge is 0.482 e. The van der Waals surface area contributed by atoms with Gasteiger partial charge in [0.1, 0.15) is 10.5 Å². The lowest BCUT2D eigenvalue weighted by molar-refractivity contribution is -0.121. The Bertz CT molecular complexity index is 1860. The van der Waals surface area contributed by atoms with Crippen molar-refractivity contribution in [2.24, 2.45) is 5.92 Å². The first-order valence-electron chi connectivity index (χ1n) is 19.2. The van der Waals surface area contributed by atoms with E-state index in [-0.39, 0.29) is 39.6 Å². The fraction of sp³-hybridized carbons (Fsp3) is 0.524. The number of carboxylic acids is 1. The van der Waals surface area contributed by atoms with Gasteiger partial charge in [0, 0.05) is 33.4 Å². The predicted molar refractivity (Wildman–Crippen MR) is 215 cm³/mol. The maximum atomic E-state index is 15.8. The van der Waals surface area contributed by atoms with Crippen molar-refractivity contribution >= 4 is 35.7 Å². The SMILES string of the molecule is COCCCN1C(=O)COc2ccc(CC[C@@H]3CNC[C@H](O[Si](C(C)C)(C(C)C)C(C)C)[C@]3(c3ccc(C(=O)O)cc3)S(=O)(=O)c3ccc(C)cc3)cc21. The van der Waals surface area contributed by atoms with Crippen molar-refractivity contribution in [1.82, 2.24) is 5.32 Å². The molecule has 1 saturated heterocycles. The van der Waals surface area contributed by atoms with E-state index in [0.29, 0.717) is 62.5 Å². The molecule has 2 aliphatic heterocycles. The number of amides is 1. The third-order valence-corrected chi connectivity index (χ3v) is 20.4. The highest BCUT2D eigenvalue weighted by Gasteiger charge is 2.61. The van der Waals surface area contributed by atoms with Crippen molar-refractivity contribution in [3.8, 4) is 5.75 Å². The Morgan fingerprint density at radius 1 is 0.981 bits per heavy atom. The molecule has 0 aliphatic carbocycles. The second-order valence-corrected chi connectivity index (χ2v) is 23.4. The number of carboxylic acid groups (broad SMARTS) is 1. The van der Waals surface area contributed by atoms with Gasteiger partial charge < -0.3 is 29.2 Å². The van der Waals surface area contributed by atoms with E-state index in [0.717, 1.165) is 11.1 Å². The number of piperidine rings is 1. The smallest absolute Gasteiger partial charge is 0.335 e. The second kappa shape index (κ2) is 17.1. The maximum absolute atomic E-state index is 15.8. The van der Waals surface area contributed by atoms with Gasteiger partial charge in [-0.05, 0) is 96.3 Å². The van der Waals surface area contributed by atoms with Gasteiger partial charge in [0.25, 0.3) is 5.91 Å². The molecule has 12 heteroatoms. The zero-order valence-corrected chi connectivity index (χ0v) is 34.9. The molecule has 0 unspecified atom stereocenters. The van der Waals surface area contributed by atoms with Gasteiger partial charge in [-0.2, -0.15) is 0 Å². The lowest BCUT2D eigenvalue weighted by Gasteiger charge is -2.54. The molecular formula is C42H58N2O8SSi. The first-order chi connectivity index (χ1) is 25.6. The molecular weight excluding hydrogens is 721 g/mol. The van der Waals surface area contributed by atoms with Crippen LogP contribution < -0.4 is 15.0 Å². The van der Waals surface area contributed by atoms with Crippen LogP contribution >= 0.6 is 0 Å². The lowest BCUT2D eigenvalue weighted by Crippen LogP contribution is -2.66. The zero-order chi connectivity index (χ0) is 39.4. The monoisotopic (exact) mass is 778 g/mol. The number of benzene rings is 3. The first kappa shape index (κ1) is 41.6. The van der Waals surface area contributed by atoms with Crippen molar-refractivity contribution in [1.29, 1.82) is 0 Å². The molecule has 0 spiro atoms. The number of sulfone groups is 1. The topological polar surface area (TPSA) is 131 Å². The Labute approximate surface area is 322 Å². The number of aryl methyl sites for hydroxylation is 2. The fourth-order valence-electron chi connectivity index (χ4n) is 9.17. The zero-order valence-electron chi connectivity index (χ0n) is 33.1. The molecule has 2 aliphatic rings. The van der Waals surface area contributed by atoms with Crippen LogP contribution in [0.4, 0.5) is 5.69 Å². The number of anilines is 1. The molecule has 54 heavy (non-hydrogen) atoms. The fourth-order valence-corrected chi connectivity index (χ4v) is 17.3. The van der Waals surface area contributed by atoms with Gasteiger partial charge in [-0.1, -0.05) is 77.4 Å². The quantitative estimate of drug-likeness (QED) is 0.112. The van der Waals surface area contributed by atoms with Gasteiger partial charge in [-0.3, -0.25) is 4.79 Å². The normalized spacial score (nSPS) is 20.7. The van der Waals surface area contributed by atoms with E-state index >= 15 is 8.42 Å². The van der Waals surface area contributed by atoms with Crippen molar-refractivity contribution in [2.75, 3.05) is 44.9 Å². The third kappa shape index (κ3) is 7.77. The van der Waals surface area contributed by atoms with Crippen LogP contribution in [0.1, 0.15) is 81.4 Å². The molecule has 10 nitrogen and oxygen atoms in total. The minimum absolute atomic E-state index is 0.0253. The highest BCUT2D eigenvalue weighted by molar-refractivity contribution is 7.92. The Balaban J connectivity index is 1.69. The van der Waals surface area contributed by atoms with Gasteiger partial charge in [-0.15, -0.1) is 0 Å². The van der Waals surface area contributed by atoms with Crippen molar-refractivity contribution in [2.45, 2.75) is 100 Å². The molecule has 5 rings (SSSR count). The number of hydrogen-bond donors (Lipinski definition) is 2. The van der Waals surface area contributed by atoms with Crippen LogP contribution in [-0.4, -0.2) is 79.8 Å². The van der Waals surface area contributed by atoms with Crippen LogP contribution in [0.25, 0.3) is 0 Å². The second-order valence-electron chi connectivity index (χ2n) is 15.8. The predicted octanol–water partition coefficient (Wildman–Crippen LogP) is 7.54. The standard InChI is InChI=1S/C42H58N2O8SSi/c1-28(2)54(29(3)4,30(5)6)52-39-26-43-25-35(16-12-32-13-21-38-37(24-32)44(22-9-23-50-8)40(45)27-51-38)42(39,34-17-14-33(15-18-34)41(46)47)53(48,49)36-19-10-31(7)11-20-36/h10-11,13-15,17-21,24,28-30,35,39,43H,9,12,16,22-23,25-27H2,1-8H3,(H,46,47)/t35-,39+,42-/m1/s1. The number of fused-ring (bicyclic) bond motifs is 1. The van der Waals surface area contributed by atoms with Crippen LogP contribution in [0.3, 0.4) is 0 Å². The van der Waals surface area contributed by atoms with E-state index in [1.54, 1.807) is 36.3 Å². The van der Waals surface area contributed by atoms with Crippen molar-refractivity contribution in [3.05, 3.63) is 89.0 Å². The summed E-state index contributed by atoms with van der Waals surface area (Å²) in [6.07, 6.45) is 0.888. The van der Waals surface area contributed by atoms with Crippen LogP contribution in [0.5, 0.6) is 5.75 Å². The Kier molecular flexibility index (Phi) is 13.2. The molecule has 2 heterocycles. The molecule has 0 aromatic heterocycles. The summed E-state index contributed by atoms with van der Waals surface area (Å²) in [7, 11) is -5.23.